The first-order chi connectivity index (χ1) is 7.81. The lowest BCUT2D eigenvalue weighted by Gasteiger charge is -2.08. The van der Waals surface area contributed by atoms with Gasteiger partial charge >= 0.3 is 0 Å². The molecule has 0 aliphatic heterocycles. The molecule has 0 radical (unpaired) electrons. The van der Waals surface area contributed by atoms with E-state index in [1.165, 1.54) is 0 Å². The zero-order valence-corrected chi connectivity index (χ0v) is 9.11. The molecule has 0 heterocycles. The van der Waals surface area contributed by atoms with E-state index in [0.29, 0.717) is 22.1 Å². The van der Waals surface area contributed by atoms with Crippen molar-refractivity contribution in [2.75, 3.05) is 0 Å². The fraction of sp³-hybridized carbons (Fsp3) is 0. The molecule has 2 nitrogen and oxygen atoms in total. The van der Waals surface area contributed by atoms with Crippen molar-refractivity contribution in [2.45, 2.75) is 0 Å². The Balaban J connectivity index is 2.35. The van der Waals surface area contributed by atoms with E-state index in [-0.39, 0.29) is 0 Å². The summed E-state index contributed by atoms with van der Waals surface area (Å²) in [7, 11) is 0. The quantitative estimate of drug-likeness (QED) is 0.780. The Hall–Kier alpha value is -1.98. The maximum absolute atomic E-state index is 8.90. The van der Waals surface area contributed by atoms with Gasteiger partial charge in [0.2, 0.25) is 0 Å². The summed E-state index contributed by atoms with van der Waals surface area (Å²) in [6, 6.07) is 16.3. The maximum atomic E-state index is 8.90. The van der Waals surface area contributed by atoms with Gasteiger partial charge in [-0.2, -0.15) is 5.26 Å². The number of nitrogens with zero attached hydrogens (tertiary/aromatic N) is 1. The molecule has 0 spiro atoms. The first-order valence-electron chi connectivity index (χ1n) is 4.73. The van der Waals surface area contributed by atoms with Crippen LogP contribution in [-0.4, -0.2) is 0 Å². The van der Waals surface area contributed by atoms with Gasteiger partial charge in [0.15, 0.2) is 0 Å². The van der Waals surface area contributed by atoms with Gasteiger partial charge in [0.25, 0.3) is 0 Å². The van der Waals surface area contributed by atoms with E-state index in [1.54, 1.807) is 30.3 Å². The summed E-state index contributed by atoms with van der Waals surface area (Å²) in [5.74, 6) is 1.06. The Morgan fingerprint density at radius 1 is 0.938 bits per heavy atom. The summed E-state index contributed by atoms with van der Waals surface area (Å²) in [6.07, 6.45) is 0. The smallest absolute Gasteiger partial charge is 0.146 e. The average Bonchev–Trinajstić information content (AvgIpc) is 2.33. The van der Waals surface area contributed by atoms with Crippen LogP contribution in [0.2, 0.25) is 5.02 Å². The minimum atomic E-state index is 0.488. The molecule has 0 amide bonds. The predicted octanol–water partition coefficient (Wildman–Crippen LogP) is 4.00. The van der Waals surface area contributed by atoms with Gasteiger partial charge in [-0.3, -0.25) is 0 Å². The second kappa shape index (κ2) is 4.69. The molecule has 0 aliphatic rings. The van der Waals surface area contributed by atoms with E-state index in [1.807, 2.05) is 18.2 Å². The molecule has 0 atom stereocenters. The Morgan fingerprint density at radius 2 is 1.56 bits per heavy atom. The van der Waals surface area contributed by atoms with Crippen molar-refractivity contribution in [2.24, 2.45) is 0 Å². The highest BCUT2D eigenvalue weighted by Gasteiger charge is 2.05. The maximum Gasteiger partial charge on any atom is 0.146 e. The zero-order chi connectivity index (χ0) is 11.4. The highest BCUT2D eigenvalue weighted by Crippen LogP contribution is 2.30. The number of hydrogen-bond donors (Lipinski definition) is 0. The number of halogens is 1. The molecule has 0 unspecified atom stereocenters. The number of rotatable bonds is 2. The lowest BCUT2D eigenvalue weighted by molar-refractivity contribution is 0.481. The van der Waals surface area contributed by atoms with Gasteiger partial charge in [0, 0.05) is 0 Å². The first kappa shape index (κ1) is 10.5. The SMILES string of the molecule is N#Cc1ccccc1Oc1ccccc1Cl. The molecule has 0 fully saturated rings. The zero-order valence-electron chi connectivity index (χ0n) is 8.35. The predicted molar refractivity (Wildman–Crippen MR) is 62.7 cm³/mol. The molecule has 2 aromatic rings. The Bertz CT molecular complexity index is 546. The van der Waals surface area contributed by atoms with Crippen molar-refractivity contribution in [1.29, 1.82) is 5.26 Å². The second-order valence-corrected chi connectivity index (χ2v) is 3.55. The van der Waals surface area contributed by atoms with Crippen LogP contribution in [0, 0.1) is 11.3 Å². The van der Waals surface area contributed by atoms with Crippen LogP contribution in [0.1, 0.15) is 5.56 Å². The molecule has 0 N–H and O–H groups in total. The Labute approximate surface area is 98.7 Å². The fourth-order valence-electron chi connectivity index (χ4n) is 1.29. The fourth-order valence-corrected chi connectivity index (χ4v) is 1.47. The van der Waals surface area contributed by atoms with E-state index >= 15 is 0 Å². The molecule has 3 heteroatoms. The van der Waals surface area contributed by atoms with E-state index in [4.69, 9.17) is 21.6 Å². The van der Waals surface area contributed by atoms with Gasteiger partial charge < -0.3 is 4.74 Å². The number of para-hydroxylation sites is 2. The highest BCUT2D eigenvalue weighted by atomic mass is 35.5. The highest BCUT2D eigenvalue weighted by molar-refractivity contribution is 6.32. The summed E-state index contributed by atoms with van der Waals surface area (Å²) in [6.45, 7) is 0. The van der Waals surface area contributed by atoms with Gasteiger partial charge in [0.05, 0.1) is 10.6 Å². The standard InChI is InChI=1S/C13H8ClNO/c14-11-6-2-4-8-13(11)16-12-7-3-1-5-10(12)9-15/h1-8H. The van der Waals surface area contributed by atoms with E-state index in [2.05, 4.69) is 6.07 Å². The summed E-state index contributed by atoms with van der Waals surface area (Å²) in [4.78, 5) is 0. The van der Waals surface area contributed by atoms with Gasteiger partial charge in [0.1, 0.15) is 17.6 Å². The minimum absolute atomic E-state index is 0.488. The average molecular weight is 230 g/mol. The van der Waals surface area contributed by atoms with Crippen LogP contribution in [0.5, 0.6) is 11.5 Å². The van der Waals surface area contributed by atoms with Crippen molar-refractivity contribution < 1.29 is 4.74 Å². The molecule has 2 aromatic carbocycles. The monoisotopic (exact) mass is 229 g/mol. The molecule has 0 saturated carbocycles. The van der Waals surface area contributed by atoms with Crippen molar-refractivity contribution in [3.63, 3.8) is 0 Å². The van der Waals surface area contributed by atoms with Gasteiger partial charge in [-0.1, -0.05) is 35.9 Å². The Kier molecular flexibility index (Phi) is 3.09. The van der Waals surface area contributed by atoms with Crippen LogP contribution < -0.4 is 4.74 Å². The van der Waals surface area contributed by atoms with Crippen LogP contribution >= 0.6 is 11.6 Å². The van der Waals surface area contributed by atoms with Crippen LogP contribution in [0.3, 0.4) is 0 Å². The molecule has 2 rings (SSSR count). The molecule has 0 aliphatic carbocycles. The molecule has 0 bridgehead atoms. The second-order valence-electron chi connectivity index (χ2n) is 3.14. The summed E-state index contributed by atoms with van der Waals surface area (Å²) in [5, 5.41) is 9.43. The van der Waals surface area contributed by atoms with Crippen molar-refractivity contribution in [3.05, 3.63) is 59.1 Å². The molecular weight excluding hydrogens is 222 g/mol. The van der Waals surface area contributed by atoms with Crippen molar-refractivity contribution in [3.8, 4) is 17.6 Å². The lowest BCUT2D eigenvalue weighted by Crippen LogP contribution is -1.88. The van der Waals surface area contributed by atoms with E-state index in [9.17, 15) is 0 Å². The van der Waals surface area contributed by atoms with E-state index < -0.39 is 0 Å². The summed E-state index contributed by atoms with van der Waals surface area (Å²) < 4.78 is 5.58. The van der Waals surface area contributed by atoms with Gasteiger partial charge in [-0.05, 0) is 24.3 Å². The molecule has 0 saturated heterocycles. The number of nitriles is 1. The normalized spacial score (nSPS) is 9.50. The van der Waals surface area contributed by atoms with Crippen molar-refractivity contribution in [1.82, 2.24) is 0 Å². The van der Waals surface area contributed by atoms with Crippen LogP contribution in [0.4, 0.5) is 0 Å². The lowest BCUT2D eigenvalue weighted by atomic mass is 10.2. The minimum Gasteiger partial charge on any atom is -0.454 e. The van der Waals surface area contributed by atoms with Crippen LogP contribution in [0.15, 0.2) is 48.5 Å². The first-order valence-corrected chi connectivity index (χ1v) is 5.10. The Morgan fingerprint density at radius 3 is 2.25 bits per heavy atom. The van der Waals surface area contributed by atoms with Crippen LogP contribution in [0.25, 0.3) is 0 Å². The molecule has 0 aromatic heterocycles. The third-order valence-electron chi connectivity index (χ3n) is 2.06. The number of benzene rings is 2. The number of hydrogen-bond acceptors (Lipinski definition) is 2. The third-order valence-corrected chi connectivity index (χ3v) is 2.38. The molecular formula is C13H8ClNO. The topological polar surface area (TPSA) is 33.0 Å². The van der Waals surface area contributed by atoms with Crippen LogP contribution in [-0.2, 0) is 0 Å². The molecule has 78 valence electrons. The number of ether oxygens (including phenoxy) is 1. The summed E-state index contributed by atoms with van der Waals surface area (Å²) >= 11 is 5.96. The largest absolute Gasteiger partial charge is 0.454 e. The van der Waals surface area contributed by atoms with E-state index in [0.717, 1.165) is 0 Å². The van der Waals surface area contributed by atoms with Crippen molar-refractivity contribution >= 4 is 11.6 Å². The third kappa shape index (κ3) is 2.16. The summed E-state index contributed by atoms with van der Waals surface area (Å²) in [5.41, 5.74) is 0.488. The molecule has 16 heavy (non-hydrogen) atoms. The van der Waals surface area contributed by atoms with Gasteiger partial charge in [-0.15, -0.1) is 0 Å². The van der Waals surface area contributed by atoms with Gasteiger partial charge in [-0.25, -0.2) is 0 Å².